The summed E-state index contributed by atoms with van der Waals surface area (Å²) in [6.45, 7) is 8.13. The molecule has 108 valence electrons. The molecule has 0 amide bonds. The van der Waals surface area contributed by atoms with Crippen LogP contribution in [0.4, 0.5) is 4.79 Å². The molecule has 2 aromatic rings. The van der Waals surface area contributed by atoms with Crippen LogP contribution in [0.5, 0.6) is 0 Å². The molecule has 7 nitrogen and oxygen atoms in total. The minimum absolute atomic E-state index is 0.270. The second-order valence-corrected chi connectivity index (χ2v) is 5.74. The van der Waals surface area contributed by atoms with Gasteiger partial charge in [-0.15, -0.1) is 5.10 Å². The van der Waals surface area contributed by atoms with Crippen molar-refractivity contribution in [2.45, 2.75) is 52.4 Å². The molecule has 0 saturated carbocycles. The molecule has 0 fully saturated rings. The SMILES string of the molecule is CCCCc1nc(C(C)(C)C)n(C(=O)n2cncn2)n1. The second-order valence-electron chi connectivity index (χ2n) is 5.74. The van der Waals surface area contributed by atoms with E-state index in [4.69, 9.17) is 0 Å². The van der Waals surface area contributed by atoms with Crippen molar-refractivity contribution < 1.29 is 4.79 Å². The lowest BCUT2D eigenvalue weighted by molar-refractivity contribution is 0.235. The van der Waals surface area contributed by atoms with Crippen LogP contribution in [0.2, 0.25) is 0 Å². The molecule has 0 N–H and O–H groups in total. The van der Waals surface area contributed by atoms with Crippen LogP contribution in [-0.2, 0) is 11.8 Å². The Bertz CT molecular complexity index is 579. The van der Waals surface area contributed by atoms with Crippen LogP contribution in [0.25, 0.3) is 0 Å². The molecule has 2 heterocycles. The van der Waals surface area contributed by atoms with Gasteiger partial charge in [0.05, 0.1) is 0 Å². The summed E-state index contributed by atoms with van der Waals surface area (Å²) in [4.78, 5) is 20.7. The van der Waals surface area contributed by atoms with Crippen LogP contribution in [0.1, 0.15) is 52.2 Å². The molecule has 0 aliphatic heterocycles. The number of aromatic nitrogens is 6. The number of unbranched alkanes of at least 4 members (excludes halogenated alkanes) is 1. The lowest BCUT2D eigenvalue weighted by Crippen LogP contribution is -2.28. The summed E-state index contributed by atoms with van der Waals surface area (Å²) < 4.78 is 2.49. The summed E-state index contributed by atoms with van der Waals surface area (Å²) in [5.74, 6) is 1.34. The van der Waals surface area contributed by atoms with Crippen LogP contribution >= 0.6 is 0 Å². The summed E-state index contributed by atoms with van der Waals surface area (Å²) in [6.07, 6.45) is 5.53. The molecular formula is C13H20N6O. The van der Waals surface area contributed by atoms with E-state index >= 15 is 0 Å². The summed E-state index contributed by atoms with van der Waals surface area (Å²) >= 11 is 0. The topological polar surface area (TPSA) is 78.5 Å². The molecule has 0 atom stereocenters. The zero-order valence-electron chi connectivity index (χ0n) is 12.4. The number of carbonyl (C=O) groups excluding carboxylic acids is 1. The van der Waals surface area contributed by atoms with Gasteiger partial charge in [0.15, 0.2) is 5.82 Å². The van der Waals surface area contributed by atoms with Crippen molar-refractivity contribution in [1.82, 2.24) is 29.5 Å². The highest BCUT2D eigenvalue weighted by atomic mass is 16.2. The molecule has 0 aromatic carbocycles. The summed E-state index contributed by atoms with van der Waals surface area (Å²) in [7, 11) is 0. The highest BCUT2D eigenvalue weighted by Gasteiger charge is 2.27. The summed E-state index contributed by atoms with van der Waals surface area (Å²) in [5, 5.41) is 8.19. The Labute approximate surface area is 118 Å². The summed E-state index contributed by atoms with van der Waals surface area (Å²) in [6, 6.07) is -0.359. The lowest BCUT2D eigenvalue weighted by atomic mass is 9.96. The first-order valence-electron chi connectivity index (χ1n) is 6.79. The Hall–Kier alpha value is -2.05. The molecule has 0 radical (unpaired) electrons. The molecule has 0 bridgehead atoms. The van der Waals surface area contributed by atoms with Crippen molar-refractivity contribution in [2.24, 2.45) is 0 Å². The van der Waals surface area contributed by atoms with Gasteiger partial charge in [0, 0.05) is 11.8 Å². The van der Waals surface area contributed by atoms with E-state index in [0.29, 0.717) is 11.6 Å². The fourth-order valence-electron chi connectivity index (χ4n) is 1.82. The average molecular weight is 276 g/mol. The van der Waals surface area contributed by atoms with E-state index in [-0.39, 0.29) is 11.4 Å². The third kappa shape index (κ3) is 2.92. The number of nitrogens with zero attached hydrogens (tertiary/aromatic N) is 6. The van der Waals surface area contributed by atoms with Crippen molar-refractivity contribution in [3.8, 4) is 0 Å². The maximum absolute atomic E-state index is 12.4. The quantitative estimate of drug-likeness (QED) is 0.857. The predicted molar refractivity (Wildman–Crippen MR) is 73.5 cm³/mol. The van der Waals surface area contributed by atoms with Crippen LogP contribution in [0.3, 0.4) is 0 Å². The van der Waals surface area contributed by atoms with Gasteiger partial charge >= 0.3 is 6.03 Å². The van der Waals surface area contributed by atoms with Crippen LogP contribution in [-0.4, -0.2) is 35.6 Å². The second kappa shape index (κ2) is 5.52. The minimum Gasteiger partial charge on any atom is -0.243 e. The van der Waals surface area contributed by atoms with Crippen LogP contribution < -0.4 is 0 Å². The number of hydrogen-bond donors (Lipinski definition) is 0. The third-order valence-electron chi connectivity index (χ3n) is 2.87. The molecule has 2 rings (SSSR count). The number of hydrogen-bond acceptors (Lipinski definition) is 5. The van der Waals surface area contributed by atoms with Crippen molar-refractivity contribution in [2.75, 3.05) is 0 Å². The number of aryl methyl sites for hydroxylation is 1. The van der Waals surface area contributed by atoms with Gasteiger partial charge in [-0.3, -0.25) is 0 Å². The monoisotopic (exact) mass is 276 g/mol. The highest BCUT2D eigenvalue weighted by Crippen LogP contribution is 2.21. The Morgan fingerprint density at radius 2 is 2.10 bits per heavy atom. The molecule has 20 heavy (non-hydrogen) atoms. The minimum atomic E-state index is -0.359. The maximum atomic E-state index is 12.4. The van der Waals surface area contributed by atoms with Crippen molar-refractivity contribution in [1.29, 1.82) is 0 Å². The molecule has 0 saturated heterocycles. The van der Waals surface area contributed by atoms with Gasteiger partial charge in [-0.2, -0.15) is 14.5 Å². The summed E-state index contributed by atoms with van der Waals surface area (Å²) in [5.41, 5.74) is -0.270. The fourth-order valence-corrected chi connectivity index (χ4v) is 1.82. The van der Waals surface area contributed by atoms with Crippen molar-refractivity contribution in [3.63, 3.8) is 0 Å². The van der Waals surface area contributed by atoms with Gasteiger partial charge < -0.3 is 0 Å². The van der Waals surface area contributed by atoms with Gasteiger partial charge in [0.1, 0.15) is 18.5 Å². The Morgan fingerprint density at radius 3 is 2.65 bits per heavy atom. The fraction of sp³-hybridized carbons (Fsp3) is 0.615. The van der Waals surface area contributed by atoms with Crippen LogP contribution in [0, 0.1) is 0 Å². The van der Waals surface area contributed by atoms with E-state index in [1.165, 1.54) is 17.3 Å². The Kier molecular flexibility index (Phi) is 3.96. The zero-order valence-corrected chi connectivity index (χ0v) is 12.4. The smallest absolute Gasteiger partial charge is 0.243 e. The molecule has 0 aliphatic rings. The molecular weight excluding hydrogens is 256 g/mol. The Morgan fingerprint density at radius 1 is 1.35 bits per heavy atom. The van der Waals surface area contributed by atoms with Crippen molar-refractivity contribution in [3.05, 3.63) is 24.3 Å². The largest absolute Gasteiger partial charge is 0.372 e. The van der Waals surface area contributed by atoms with Gasteiger partial charge in [-0.1, -0.05) is 34.1 Å². The zero-order chi connectivity index (χ0) is 14.8. The standard InChI is InChI=1S/C13H20N6O/c1-5-6-7-10-16-11(13(2,3)4)19(17-10)12(20)18-9-14-8-15-18/h8-9H,5-7H2,1-4H3. The molecule has 0 spiro atoms. The number of carbonyl (C=O) groups is 1. The normalized spacial score (nSPS) is 11.8. The first-order valence-corrected chi connectivity index (χ1v) is 6.79. The van der Waals surface area contributed by atoms with Gasteiger partial charge in [0.2, 0.25) is 0 Å². The van der Waals surface area contributed by atoms with E-state index < -0.39 is 0 Å². The molecule has 2 aromatic heterocycles. The van der Waals surface area contributed by atoms with E-state index in [0.717, 1.165) is 23.9 Å². The lowest BCUT2D eigenvalue weighted by Gasteiger charge is -2.16. The third-order valence-corrected chi connectivity index (χ3v) is 2.87. The van der Waals surface area contributed by atoms with Gasteiger partial charge in [-0.25, -0.2) is 14.8 Å². The molecule has 0 unspecified atom stereocenters. The molecule has 0 aliphatic carbocycles. The first-order chi connectivity index (χ1) is 9.43. The Balaban J connectivity index is 2.39. The predicted octanol–water partition coefficient (Wildman–Crippen LogP) is 2.03. The number of rotatable bonds is 3. The van der Waals surface area contributed by atoms with E-state index in [1.54, 1.807) is 0 Å². The maximum Gasteiger partial charge on any atom is 0.372 e. The van der Waals surface area contributed by atoms with Gasteiger partial charge in [0.25, 0.3) is 0 Å². The average Bonchev–Trinajstić information content (AvgIpc) is 3.04. The van der Waals surface area contributed by atoms with Crippen LogP contribution in [0.15, 0.2) is 12.7 Å². The van der Waals surface area contributed by atoms with Crippen molar-refractivity contribution >= 4 is 6.03 Å². The van der Waals surface area contributed by atoms with E-state index in [2.05, 4.69) is 27.1 Å². The van der Waals surface area contributed by atoms with E-state index in [1.807, 2.05) is 20.8 Å². The molecule has 7 heteroatoms. The highest BCUT2D eigenvalue weighted by molar-refractivity contribution is 5.77. The van der Waals surface area contributed by atoms with E-state index in [9.17, 15) is 4.79 Å². The first kappa shape index (κ1) is 14.4. The van der Waals surface area contributed by atoms with Gasteiger partial charge in [-0.05, 0) is 6.42 Å².